The van der Waals surface area contributed by atoms with Crippen molar-refractivity contribution >= 4 is 40.9 Å². The molecule has 6 nitrogen and oxygen atoms in total. The maximum atomic E-state index is 12.2. The van der Waals surface area contributed by atoms with E-state index in [9.17, 15) is 14.4 Å². The predicted octanol–water partition coefficient (Wildman–Crippen LogP) is 3.14. The molecule has 1 aromatic heterocycles. The van der Waals surface area contributed by atoms with Crippen LogP contribution in [0.1, 0.15) is 33.6 Å². The Morgan fingerprint density at radius 2 is 2.00 bits per heavy atom. The fraction of sp³-hybridized carbons (Fsp3) is 0.250. The zero-order chi connectivity index (χ0) is 19.2. The molecule has 2 amide bonds. The monoisotopic (exact) mass is 384 g/mol. The minimum atomic E-state index is -0.599. The molecule has 1 aliphatic rings. The maximum Gasteiger partial charge on any atom is 0.331 e. The first-order chi connectivity index (χ1) is 13.0. The van der Waals surface area contributed by atoms with Crippen LogP contribution in [0.3, 0.4) is 0 Å². The number of nitrogens with one attached hydrogen (secondary N) is 2. The number of rotatable bonds is 7. The molecular weight excluding hydrogens is 364 g/mol. The summed E-state index contributed by atoms with van der Waals surface area (Å²) in [6.07, 6.45) is 4.92. The number of para-hydroxylation sites is 1. The van der Waals surface area contributed by atoms with Gasteiger partial charge in [-0.3, -0.25) is 9.59 Å². The van der Waals surface area contributed by atoms with Crippen molar-refractivity contribution < 1.29 is 19.1 Å². The van der Waals surface area contributed by atoms with Crippen molar-refractivity contribution in [1.29, 1.82) is 0 Å². The second kappa shape index (κ2) is 8.64. The van der Waals surface area contributed by atoms with E-state index in [4.69, 9.17) is 4.74 Å². The molecule has 3 rings (SSSR count). The Morgan fingerprint density at radius 3 is 2.70 bits per heavy atom. The zero-order valence-corrected chi connectivity index (χ0v) is 15.7. The van der Waals surface area contributed by atoms with Crippen LogP contribution in [0.2, 0.25) is 0 Å². The molecule has 140 valence electrons. The Morgan fingerprint density at radius 1 is 1.22 bits per heavy atom. The molecular formula is C20H20N2O4S. The third-order valence-electron chi connectivity index (χ3n) is 3.98. The van der Waals surface area contributed by atoms with Crippen molar-refractivity contribution in [3.05, 3.63) is 57.8 Å². The van der Waals surface area contributed by atoms with Gasteiger partial charge in [-0.15, -0.1) is 11.3 Å². The van der Waals surface area contributed by atoms with E-state index in [2.05, 4.69) is 10.6 Å². The second-order valence-electron chi connectivity index (χ2n) is 6.25. The number of anilines is 1. The van der Waals surface area contributed by atoms with E-state index in [0.717, 1.165) is 23.3 Å². The molecule has 2 aromatic rings. The standard InChI is InChI=1S/C20H20N2O4S/c1-13-10-11-27-17(13)8-9-19(24)26-12-18(23)22-16-5-3-2-4-15(16)20(25)21-14-6-7-14/h2-5,8-11,14H,6-7,12H2,1H3,(H,21,25)(H,22,23)/b9-8+. The Kier molecular flexibility index (Phi) is 6.03. The van der Waals surface area contributed by atoms with Gasteiger partial charge in [0.25, 0.3) is 11.8 Å². The third-order valence-corrected chi connectivity index (χ3v) is 4.96. The van der Waals surface area contributed by atoms with Crippen molar-refractivity contribution in [2.75, 3.05) is 11.9 Å². The lowest BCUT2D eigenvalue weighted by Crippen LogP contribution is -2.27. The largest absolute Gasteiger partial charge is 0.452 e. The molecule has 1 aliphatic carbocycles. The predicted molar refractivity (Wildman–Crippen MR) is 105 cm³/mol. The van der Waals surface area contributed by atoms with Crippen molar-refractivity contribution in [2.24, 2.45) is 0 Å². The zero-order valence-electron chi connectivity index (χ0n) is 14.9. The highest BCUT2D eigenvalue weighted by Gasteiger charge is 2.25. The van der Waals surface area contributed by atoms with Crippen molar-refractivity contribution in [3.63, 3.8) is 0 Å². The highest BCUT2D eigenvalue weighted by Crippen LogP contribution is 2.21. The molecule has 0 unspecified atom stereocenters. The van der Waals surface area contributed by atoms with Crippen LogP contribution in [-0.2, 0) is 14.3 Å². The van der Waals surface area contributed by atoms with Gasteiger partial charge in [-0.05, 0) is 55.0 Å². The molecule has 27 heavy (non-hydrogen) atoms. The summed E-state index contributed by atoms with van der Waals surface area (Å²) in [4.78, 5) is 37.0. The van der Waals surface area contributed by atoms with E-state index in [-0.39, 0.29) is 11.9 Å². The van der Waals surface area contributed by atoms with Gasteiger partial charge in [0, 0.05) is 17.0 Å². The van der Waals surface area contributed by atoms with Gasteiger partial charge in [-0.2, -0.15) is 0 Å². The number of thiophene rings is 1. The molecule has 2 N–H and O–H groups in total. The first kappa shape index (κ1) is 18.8. The van der Waals surface area contributed by atoms with E-state index in [1.165, 1.54) is 17.4 Å². The summed E-state index contributed by atoms with van der Waals surface area (Å²) in [6.45, 7) is 1.52. The Labute approximate surface area is 161 Å². The Bertz CT molecular complexity index is 884. The summed E-state index contributed by atoms with van der Waals surface area (Å²) >= 11 is 1.52. The summed E-state index contributed by atoms with van der Waals surface area (Å²) < 4.78 is 4.96. The third kappa shape index (κ3) is 5.52. The number of esters is 1. The van der Waals surface area contributed by atoms with Crippen LogP contribution in [0.25, 0.3) is 6.08 Å². The smallest absolute Gasteiger partial charge is 0.331 e. The first-order valence-corrected chi connectivity index (χ1v) is 9.49. The van der Waals surface area contributed by atoms with E-state index in [1.807, 2.05) is 18.4 Å². The molecule has 0 aliphatic heterocycles. The number of ether oxygens (including phenoxy) is 1. The highest BCUT2D eigenvalue weighted by atomic mass is 32.1. The molecule has 0 spiro atoms. The van der Waals surface area contributed by atoms with Crippen LogP contribution in [0, 0.1) is 6.92 Å². The molecule has 7 heteroatoms. The topological polar surface area (TPSA) is 84.5 Å². The Balaban J connectivity index is 1.52. The number of hydrogen-bond acceptors (Lipinski definition) is 5. The molecule has 1 aromatic carbocycles. The fourth-order valence-electron chi connectivity index (χ4n) is 2.35. The summed E-state index contributed by atoms with van der Waals surface area (Å²) in [5, 5.41) is 7.44. The van der Waals surface area contributed by atoms with Gasteiger partial charge in [-0.1, -0.05) is 12.1 Å². The molecule has 1 heterocycles. The lowest BCUT2D eigenvalue weighted by atomic mass is 10.1. The van der Waals surface area contributed by atoms with E-state index >= 15 is 0 Å². The van der Waals surface area contributed by atoms with E-state index in [0.29, 0.717) is 11.3 Å². The van der Waals surface area contributed by atoms with Crippen LogP contribution in [0.4, 0.5) is 5.69 Å². The van der Waals surface area contributed by atoms with Gasteiger partial charge in [0.1, 0.15) is 0 Å². The minimum Gasteiger partial charge on any atom is -0.452 e. The number of benzene rings is 1. The van der Waals surface area contributed by atoms with Crippen LogP contribution in [0.15, 0.2) is 41.8 Å². The molecule has 1 saturated carbocycles. The average molecular weight is 384 g/mol. The Hall–Kier alpha value is -2.93. The quantitative estimate of drug-likeness (QED) is 0.567. The van der Waals surface area contributed by atoms with Crippen molar-refractivity contribution in [3.8, 4) is 0 Å². The highest BCUT2D eigenvalue weighted by molar-refractivity contribution is 7.11. The summed E-state index contributed by atoms with van der Waals surface area (Å²) in [5.74, 6) is -1.33. The molecule has 0 atom stereocenters. The molecule has 1 fully saturated rings. The number of hydrogen-bond donors (Lipinski definition) is 2. The normalized spacial score (nSPS) is 13.4. The summed E-state index contributed by atoms with van der Waals surface area (Å²) in [7, 11) is 0. The van der Waals surface area contributed by atoms with Crippen molar-refractivity contribution in [1.82, 2.24) is 5.32 Å². The van der Waals surface area contributed by atoms with Crippen LogP contribution >= 0.6 is 11.3 Å². The fourth-order valence-corrected chi connectivity index (χ4v) is 3.17. The van der Waals surface area contributed by atoms with Gasteiger partial charge >= 0.3 is 5.97 Å². The lowest BCUT2D eigenvalue weighted by Gasteiger charge is -2.11. The van der Waals surface area contributed by atoms with Crippen LogP contribution in [0.5, 0.6) is 0 Å². The van der Waals surface area contributed by atoms with Gasteiger partial charge in [0.2, 0.25) is 0 Å². The van der Waals surface area contributed by atoms with Gasteiger partial charge < -0.3 is 15.4 Å². The van der Waals surface area contributed by atoms with Crippen molar-refractivity contribution in [2.45, 2.75) is 25.8 Å². The maximum absolute atomic E-state index is 12.2. The number of amides is 2. The SMILES string of the molecule is Cc1ccsc1/C=C/C(=O)OCC(=O)Nc1ccccc1C(=O)NC1CC1. The second-order valence-corrected chi connectivity index (χ2v) is 7.20. The average Bonchev–Trinajstić information content (AvgIpc) is 3.37. The van der Waals surface area contributed by atoms with Crippen LogP contribution < -0.4 is 10.6 Å². The number of carbonyl (C=O) groups excluding carboxylic acids is 3. The minimum absolute atomic E-state index is 0.223. The van der Waals surface area contributed by atoms with E-state index < -0.39 is 18.5 Å². The summed E-state index contributed by atoms with van der Waals surface area (Å²) in [5.41, 5.74) is 1.85. The number of aryl methyl sites for hydroxylation is 1. The van der Waals surface area contributed by atoms with E-state index in [1.54, 1.807) is 30.3 Å². The molecule has 0 radical (unpaired) electrons. The van der Waals surface area contributed by atoms with Gasteiger partial charge in [0.05, 0.1) is 11.3 Å². The summed E-state index contributed by atoms with van der Waals surface area (Å²) in [6, 6.07) is 8.92. The first-order valence-electron chi connectivity index (χ1n) is 8.61. The number of carbonyl (C=O) groups is 3. The molecule has 0 bridgehead atoms. The van der Waals surface area contributed by atoms with Gasteiger partial charge in [0.15, 0.2) is 6.61 Å². The molecule has 0 saturated heterocycles. The van der Waals surface area contributed by atoms with Crippen LogP contribution in [-0.4, -0.2) is 30.4 Å². The van der Waals surface area contributed by atoms with Gasteiger partial charge in [-0.25, -0.2) is 4.79 Å². The lowest BCUT2D eigenvalue weighted by molar-refractivity contribution is -0.142.